The minimum absolute atomic E-state index is 0.171. The Morgan fingerprint density at radius 3 is 2.65 bits per heavy atom. The van der Waals surface area contributed by atoms with E-state index in [0.717, 1.165) is 11.3 Å². The number of nitrogens with zero attached hydrogens (tertiary/aromatic N) is 1. The second-order valence-corrected chi connectivity index (χ2v) is 4.14. The molecule has 2 aromatic carbocycles. The van der Waals surface area contributed by atoms with Crippen LogP contribution in [0.1, 0.15) is 12.5 Å². The van der Waals surface area contributed by atoms with Crippen LogP contribution in [-0.2, 0) is 0 Å². The largest absolute Gasteiger partial charge is 0.375 e. The summed E-state index contributed by atoms with van der Waals surface area (Å²) in [6.07, 6.45) is 0. The van der Waals surface area contributed by atoms with Crippen molar-refractivity contribution in [1.82, 2.24) is 5.43 Å². The van der Waals surface area contributed by atoms with Crippen molar-refractivity contribution in [3.8, 4) is 0 Å². The zero-order valence-electron chi connectivity index (χ0n) is 9.47. The topological polar surface area (TPSA) is 50.4 Å². The molecule has 0 saturated carbocycles. The van der Waals surface area contributed by atoms with E-state index >= 15 is 0 Å². The predicted molar refractivity (Wildman–Crippen MR) is 76.1 cm³/mol. The number of hydrogen-bond acceptors (Lipinski definition) is 2. The highest BCUT2D eigenvalue weighted by Gasteiger charge is 2.02. The van der Waals surface area contributed by atoms with Crippen LogP contribution in [0.2, 0.25) is 0 Å². The first-order valence-electron chi connectivity index (χ1n) is 5.26. The fourth-order valence-corrected chi connectivity index (χ4v) is 1.79. The number of rotatable bonds is 2. The fourth-order valence-electron chi connectivity index (χ4n) is 1.74. The average Bonchev–Trinajstić information content (AvgIpc) is 2.35. The van der Waals surface area contributed by atoms with Gasteiger partial charge in [-0.05, 0) is 29.9 Å². The summed E-state index contributed by atoms with van der Waals surface area (Å²) in [4.78, 5) is 0. The van der Waals surface area contributed by atoms with Gasteiger partial charge in [0.2, 0.25) is 0 Å². The molecule has 0 aromatic heterocycles. The van der Waals surface area contributed by atoms with Crippen LogP contribution in [-0.4, -0.2) is 10.8 Å². The highest BCUT2D eigenvalue weighted by molar-refractivity contribution is 7.80. The van der Waals surface area contributed by atoms with Gasteiger partial charge in [-0.3, -0.25) is 5.43 Å². The molecule has 0 amide bonds. The Morgan fingerprint density at radius 1 is 1.18 bits per heavy atom. The molecule has 0 saturated heterocycles. The van der Waals surface area contributed by atoms with Crippen molar-refractivity contribution in [2.24, 2.45) is 10.8 Å². The summed E-state index contributed by atoms with van der Waals surface area (Å²) in [5.41, 5.74) is 9.88. The summed E-state index contributed by atoms with van der Waals surface area (Å²) in [7, 11) is 0. The molecule has 0 unspecified atom stereocenters. The van der Waals surface area contributed by atoms with Gasteiger partial charge in [-0.1, -0.05) is 42.5 Å². The summed E-state index contributed by atoms with van der Waals surface area (Å²) in [5.74, 6) is 0. The summed E-state index contributed by atoms with van der Waals surface area (Å²) >= 11 is 4.72. The van der Waals surface area contributed by atoms with Crippen molar-refractivity contribution in [3.63, 3.8) is 0 Å². The Kier molecular flexibility index (Phi) is 3.35. The molecule has 0 fully saturated rings. The third kappa shape index (κ3) is 2.60. The van der Waals surface area contributed by atoms with Gasteiger partial charge in [-0.15, -0.1) is 0 Å². The van der Waals surface area contributed by atoms with Gasteiger partial charge in [-0.2, -0.15) is 5.10 Å². The van der Waals surface area contributed by atoms with Crippen LogP contribution in [0, 0.1) is 0 Å². The van der Waals surface area contributed by atoms with Gasteiger partial charge in [0.05, 0.1) is 5.71 Å². The Balaban J connectivity index is 2.48. The van der Waals surface area contributed by atoms with Crippen LogP contribution in [0.15, 0.2) is 47.6 Å². The van der Waals surface area contributed by atoms with Crippen LogP contribution in [0.5, 0.6) is 0 Å². The van der Waals surface area contributed by atoms with E-state index in [9.17, 15) is 0 Å². The molecule has 3 N–H and O–H groups in total. The summed E-state index contributed by atoms with van der Waals surface area (Å²) < 4.78 is 0. The van der Waals surface area contributed by atoms with Crippen molar-refractivity contribution in [1.29, 1.82) is 0 Å². The molecule has 3 nitrogen and oxygen atoms in total. The molecular formula is C13H13N3S. The molecular weight excluding hydrogens is 230 g/mol. The highest BCUT2D eigenvalue weighted by atomic mass is 32.1. The zero-order chi connectivity index (χ0) is 12.3. The third-order valence-electron chi connectivity index (χ3n) is 2.51. The van der Waals surface area contributed by atoms with Crippen molar-refractivity contribution >= 4 is 33.8 Å². The molecule has 0 aliphatic rings. The Labute approximate surface area is 105 Å². The zero-order valence-corrected chi connectivity index (χ0v) is 10.3. The number of hydrogen-bond donors (Lipinski definition) is 2. The van der Waals surface area contributed by atoms with Crippen molar-refractivity contribution in [3.05, 3.63) is 48.0 Å². The maximum Gasteiger partial charge on any atom is 0.184 e. The number of nitrogens with two attached hydrogens (primary N) is 1. The number of benzene rings is 2. The quantitative estimate of drug-likeness (QED) is 0.484. The highest BCUT2D eigenvalue weighted by Crippen LogP contribution is 2.18. The Morgan fingerprint density at radius 2 is 1.88 bits per heavy atom. The smallest absolute Gasteiger partial charge is 0.184 e. The maximum absolute atomic E-state index is 5.34. The summed E-state index contributed by atoms with van der Waals surface area (Å²) in [6, 6.07) is 14.3. The normalized spacial score (nSPS) is 11.5. The van der Waals surface area contributed by atoms with E-state index < -0.39 is 0 Å². The van der Waals surface area contributed by atoms with Crippen molar-refractivity contribution in [2.75, 3.05) is 0 Å². The van der Waals surface area contributed by atoms with Crippen LogP contribution < -0.4 is 11.2 Å². The first-order chi connectivity index (χ1) is 8.18. The standard InChI is InChI=1S/C13H13N3S/c1-9(15-16-13(14)17)11-8-4-6-10-5-2-3-7-12(10)11/h2-8H,1H3,(H3,14,16,17)/b15-9-. The van der Waals surface area contributed by atoms with Crippen LogP contribution in [0.4, 0.5) is 0 Å². The van der Waals surface area contributed by atoms with Gasteiger partial charge >= 0.3 is 0 Å². The number of thiocarbonyl (C=S) groups is 1. The lowest BCUT2D eigenvalue weighted by Gasteiger charge is -2.06. The number of hydrazone groups is 1. The lowest BCUT2D eigenvalue weighted by molar-refractivity contribution is 1.03. The van der Waals surface area contributed by atoms with E-state index in [1.807, 2.05) is 31.2 Å². The first-order valence-corrected chi connectivity index (χ1v) is 5.67. The minimum atomic E-state index is 0.171. The van der Waals surface area contributed by atoms with E-state index in [2.05, 4.69) is 28.7 Å². The fraction of sp³-hybridized carbons (Fsp3) is 0.0769. The van der Waals surface area contributed by atoms with Gasteiger partial charge in [-0.25, -0.2) is 0 Å². The second-order valence-electron chi connectivity index (χ2n) is 3.70. The third-order valence-corrected chi connectivity index (χ3v) is 2.60. The lowest BCUT2D eigenvalue weighted by Crippen LogP contribution is -2.25. The number of fused-ring (bicyclic) bond motifs is 1. The molecule has 0 radical (unpaired) electrons. The minimum Gasteiger partial charge on any atom is -0.375 e. The molecule has 0 aliphatic heterocycles. The van der Waals surface area contributed by atoms with Crippen LogP contribution in [0.3, 0.4) is 0 Å². The molecule has 0 aliphatic carbocycles. The van der Waals surface area contributed by atoms with E-state index in [4.69, 9.17) is 18.0 Å². The molecule has 2 rings (SSSR count). The molecule has 4 heteroatoms. The van der Waals surface area contributed by atoms with Gasteiger partial charge in [0.15, 0.2) is 5.11 Å². The van der Waals surface area contributed by atoms with Crippen molar-refractivity contribution < 1.29 is 0 Å². The average molecular weight is 243 g/mol. The summed E-state index contributed by atoms with van der Waals surface area (Å²) in [6.45, 7) is 1.92. The molecule has 0 bridgehead atoms. The summed E-state index contributed by atoms with van der Waals surface area (Å²) in [5, 5.41) is 6.67. The van der Waals surface area contributed by atoms with Gasteiger partial charge in [0.25, 0.3) is 0 Å². The molecule has 2 aromatic rings. The predicted octanol–water partition coefficient (Wildman–Crippen LogP) is 2.40. The number of nitrogens with one attached hydrogen (secondary N) is 1. The van der Waals surface area contributed by atoms with Gasteiger partial charge in [0.1, 0.15) is 0 Å². The van der Waals surface area contributed by atoms with Gasteiger partial charge < -0.3 is 5.73 Å². The Hall–Kier alpha value is -1.94. The van der Waals surface area contributed by atoms with Gasteiger partial charge in [0, 0.05) is 5.56 Å². The Bertz CT molecular complexity index is 585. The van der Waals surface area contributed by atoms with Crippen LogP contribution in [0.25, 0.3) is 10.8 Å². The maximum atomic E-state index is 5.34. The van der Waals surface area contributed by atoms with Crippen molar-refractivity contribution in [2.45, 2.75) is 6.92 Å². The van der Waals surface area contributed by atoms with E-state index in [1.54, 1.807) is 0 Å². The molecule has 0 spiro atoms. The first kappa shape index (κ1) is 11.5. The molecule has 86 valence electrons. The van der Waals surface area contributed by atoms with Crippen LogP contribution >= 0.6 is 12.2 Å². The molecule has 0 heterocycles. The lowest BCUT2D eigenvalue weighted by atomic mass is 10.0. The van der Waals surface area contributed by atoms with E-state index in [1.165, 1.54) is 10.8 Å². The van der Waals surface area contributed by atoms with E-state index in [0.29, 0.717) is 0 Å². The SMILES string of the molecule is C/C(=N/NC(N)=S)c1cccc2ccccc12. The molecule has 17 heavy (non-hydrogen) atoms. The monoisotopic (exact) mass is 243 g/mol. The second kappa shape index (κ2) is 4.93. The van der Waals surface area contributed by atoms with E-state index in [-0.39, 0.29) is 5.11 Å². The molecule has 0 atom stereocenters.